The Labute approximate surface area is 98.4 Å². The minimum Gasteiger partial charge on any atom is -0.394 e. The van der Waals surface area contributed by atoms with Crippen LogP contribution < -0.4 is 10.6 Å². The smallest absolute Gasteiger partial charge is 0.150 e. The summed E-state index contributed by atoms with van der Waals surface area (Å²) in [6, 6.07) is 0. The van der Waals surface area contributed by atoms with Crippen LogP contribution in [0.15, 0.2) is 0 Å². The standard InChI is InChI=1S/C12H24N4/c1-7-12(4,5)15(6)11-10(13)9(3)14-16(11)8-2/h7-8,13H2,1-6H3. The molecule has 0 saturated heterocycles. The Morgan fingerprint density at radius 1 is 1.38 bits per heavy atom. The molecule has 1 aromatic heterocycles. The number of nitrogens with two attached hydrogens (primary N) is 1. The third-order valence-electron chi connectivity index (χ3n) is 3.54. The SMILES string of the molecule is CCn1nc(C)c(N)c1N(C)C(C)(C)CC. The second-order valence-corrected chi connectivity index (χ2v) is 4.86. The van der Waals surface area contributed by atoms with Crippen molar-refractivity contribution in [3.63, 3.8) is 0 Å². The maximum absolute atomic E-state index is 6.11. The number of hydrogen-bond donors (Lipinski definition) is 1. The van der Waals surface area contributed by atoms with E-state index >= 15 is 0 Å². The van der Waals surface area contributed by atoms with Gasteiger partial charge in [-0.3, -0.25) is 0 Å². The lowest BCUT2D eigenvalue weighted by Crippen LogP contribution is -2.42. The fourth-order valence-corrected chi connectivity index (χ4v) is 1.68. The van der Waals surface area contributed by atoms with Gasteiger partial charge in [0.2, 0.25) is 0 Å². The lowest BCUT2D eigenvalue weighted by molar-refractivity contribution is 0.456. The molecule has 4 heteroatoms. The Hall–Kier alpha value is -1.19. The predicted octanol–water partition coefficient (Wildman–Crippen LogP) is 2.42. The fourth-order valence-electron chi connectivity index (χ4n) is 1.68. The van der Waals surface area contributed by atoms with Gasteiger partial charge in [-0.25, -0.2) is 4.68 Å². The molecule has 0 aromatic carbocycles. The Balaban J connectivity index is 3.21. The van der Waals surface area contributed by atoms with Crippen LogP contribution in [0.3, 0.4) is 0 Å². The average molecular weight is 224 g/mol. The second kappa shape index (κ2) is 4.36. The summed E-state index contributed by atoms with van der Waals surface area (Å²) in [5.74, 6) is 1.03. The zero-order chi connectivity index (χ0) is 12.5. The predicted molar refractivity (Wildman–Crippen MR) is 69.8 cm³/mol. The van der Waals surface area contributed by atoms with Crippen LogP contribution in [-0.2, 0) is 6.54 Å². The number of nitrogens with zero attached hydrogens (tertiary/aromatic N) is 3. The number of anilines is 2. The first kappa shape index (κ1) is 12.9. The number of hydrogen-bond acceptors (Lipinski definition) is 3. The van der Waals surface area contributed by atoms with Crippen LogP contribution in [0.2, 0.25) is 0 Å². The molecule has 4 nitrogen and oxygen atoms in total. The summed E-state index contributed by atoms with van der Waals surface area (Å²) in [5.41, 5.74) is 7.91. The minimum atomic E-state index is 0.0908. The number of aromatic nitrogens is 2. The number of nitrogen functional groups attached to an aromatic ring is 1. The van der Waals surface area contributed by atoms with Crippen molar-refractivity contribution in [2.75, 3.05) is 17.7 Å². The maximum Gasteiger partial charge on any atom is 0.150 e. The first-order valence-electron chi connectivity index (χ1n) is 5.91. The van der Waals surface area contributed by atoms with Crippen molar-refractivity contribution in [1.82, 2.24) is 9.78 Å². The van der Waals surface area contributed by atoms with Gasteiger partial charge >= 0.3 is 0 Å². The van der Waals surface area contributed by atoms with Crippen molar-refractivity contribution < 1.29 is 0 Å². The van der Waals surface area contributed by atoms with Crippen molar-refractivity contribution in [3.05, 3.63) is 5.69 Å². The molecule has 0 fully saturated rings. The van der Waals surface area contributed by atoms with Gasteiger partial charge in [-0.15, -0.1) is 0 Å². The second-order valence-electron chi connectivity index (χ2n) is 4.86. The minimum absolute atomic E-state index is 0.0908. The van der Waals surface area contributed by atoms with Crippen LogP contribution in [0.1, 0.15) is 39.8 Å². The Bertz CT molecular complexity index is 365. The molecule has 92 valence electrons. The zero-order valence-electron chi connectivity index (χ0n) is 11.3. The molecule has 0 aliphatic carbocycles. The molecule has 0 aliphatic rings. The van der Waals surface area contributed by atoms with Gasteiger partial charge in [0.05, 0.1) is 11.4 Å². The maximum atomic E-state index is 6.11. The van der Waals surface area contributed by atoms with E-state index in [9.17, 15) is 0 Å². The molecule has 0 atom stereocenters. The first-order chi connectivity index (χ1) is 7.35. The molecule has 1 heterocycles. The fraction of sp³-hybridized carbons (Fsp3) is 0.750. The number of aryl methyl sites for hydroxylation is 2. The lowest BCUT2D eigenvalue weighted by atomic mass is 10.00. The van der Waals surface area contributed by atoms with Gasteiger partial charge in [0.25, 0.3) is 0 Å². The van der Waals surface area contributed by atoms with Gasteiger partial charge in [0.1, 0.15) is 0 Å². The van der Waals surface area contributed by atoms with E-state index in [1.165, 1.54) is 0 Å². The lowest BCUT2D eigenvalue weighted by Gasteiger charge is -2.36. The summed E-state index contributed by atoms with van der Waals surface area (Å²) in [6.45, 7) is 11.5. The molecule has 0 saturated carbocycles. The topological polar surface area (TPSA) is 47.1 Å². The van der Waals surface area contributed by atoms with Crippen LogP contribution in [0.25, 0.3) is 0 Å². The van der Waals surface area contributed by atoms with Gasteiger partial charge < -0.3 is 10.6 Å². The van der Waals surface area contributed by atoms with Crippen LogP contribution in [-0.4, -0.2) is 22.4 Å². The van der Waals surface area contributed by atoms with Crippen molar-refractivity contribution in [2.24, 2.45) is 0 Å². The molecule has 0 radical (unpaired) electrons. The molecule has 1 aromatic rings. The highest BCUT2D eigenvalue weighted by molar-refractivity contribution is 5.66. The average Bonchev–Trinajstić information content (AvgIpc) is 2.54. The molecule has 0 bridgehead atoms. The van der Waals surface area contributed by atoms with Gasteiger partial charge in [0, 0.05) is 19.1 Å². The van der Waals surface area contributed by atoms with Crippen molar-refractivity contribution in [1.29, 1.82) is 0 Å². The summed E-state index contributed by atoms with van der Waals surface area (Å²) >= 11 is 0. The summed E-state index contributed by atoms with van der Waals surface area (Å²) in [5, 5.41) is 4.45. The molecule has 0 aliphatic heterocycles. The third-order valence-corrected chi connectivity index (χ3v) is 3.54. The molecule has 0 amide bonds. The number of rotatable bonds is 4. The highest BCUT2D eigenvalue weighted by Crippen LogP contribution is 2.31. The van der Waals surface area contributed by atoms with Crippen molar-refractivity contribution in [2.45, 2.75) is 53.1 Å². The van der Waals surface area contributed by atoms with Crippen LogP contribution in [0, 0.1) is 6.92 Å². The Morgan fingerprint density at radius 2 is 1.94 bits per heavy atom. The molecule has 0 unspecified atom stereocenters. The highest BCUT2D eigenvalue weighted by Gasteiger charge is 2.26. The summed E-state index contributed by atoms with van der Waals surface area (Å²) in [6.07, 6.45) is 1.07. The van der Waals surface area contributed by atoms with E-state index < -0.39 is 0 Å². The highest BCUT2D eigenvalue weighted by atomic mass is 15.4. The van der Waals surface area contributed by atoms with E-state index in [0.717, 1.165) is 30.2 Å². The Morgan fingerprint density at radius 3 is 2.38 bits per heavy atom. The van der Waals surface area contributed by atoms with Crippen LogP contribution >= 0.6 is 0 Å². The molecule has 0 spiro atoms. The first-order valence-corrected chi connectivity index (χ1v) is 5.91. The summed E-state index contributed by atoms with van der Waals surface area (Å²) in [7, 11) is 2.09. The quantitative estimate of drug-likeness (QED) is 0.854. The van der Waals surface area contributed by atoms with E-state index in [1.54, 1.807) is 0 Å². The molecular weight excluding hydrogens is 200 g/mol. The molecule has 1 rings (SSSR count). The van der Waals surface area contributed by atoms with Gasteiger partial charge in [-0.2, -0.15) is 5.10 Å². The van der Waals surface area contributed by atoms with Crippen molar-refractivity contribution in [3.8, 4) is 0 Å². The molecule has 2 N–H and O–H groups in total. The largest absolute Gasteiger partial charge is 0.394 e. The third kappa shape index (κ3) is 2.01. The van der Waals surface area contributed by atoms with E-state index in [-0.39, 0.29) is 5.54 Å². The van der Waals surface area contributed by atoms with Gasteiger partial charge in [-0.05, 0) is 34.1 Å². The van der Waals surface area contributed by atoms with Crippen LogP contribution in [0.4, 0.5) is 11.5 Å². The van der Waals surface area contributed by atoms with Crippen molar-refractivity contribution >= 4 is 11.5 Å². The Kier molecular flexibility index (Phi) is 3.51. The summed E-state index contributed by atoms with van der Waals surface area (Å²) in [4.78, 5) is 2.23. The van der Waals surface area contributed by atoms with Crippen LogP contribution in [0.5, 0.6) is 0 Å². The molecule has 16 heavy (non-hydrogen) atoms. The van der Waals surface area contributed by atoms with E-state index in [4.69, 9.17) is 5.73 Å². The molecular formula is C12H24N4. The van der Waals surface area contributed by atoms with E-state index in [0.29, 0.717) is 0 Å². The van der Waals surface area contributed by atoms with E-state index in [2.05, 4.69) is 44.7 Å². The zero-order valence-corrected chi connectivity index (χ0v) is 11.3. The summed E-state index contributed by atoms with van der Waals surface area (Å²) < 4.78 is 1.97. The van der Waals surface area contributed by atoms with Gasteiger partial charge in [0.15, 0.2) is 5.82 Å². The van der Waals surface area contributed by atoms with Gasteiger partial charge in [-0.1, -0.05) is 6.92 Å². The van der Waals surface area contributed by atoms with E-state index in [1.807, 2.05) is 11.6 Å². The normalized spacial score (nSPS) is 11.9. The monoisotopic (exact) mass is 224 g/mol.